The SMILES string of the molecule is CC(=N)C(N)C(C)C. The van der Waals surface area contributed by atoms with E-state index in [0.29, 0.717) is 11.6 Å². The minimum Gasteiger partial charge on any atom is -0.323 e. The summed E-state index contributed by atoms with van der Waals surface area (Å²) in [7, 11) is 0. The maximum atomic E-state index is 7.11. The zero-order chi connectivity index (χ0) is 6.73. The maximum Gasteiger partial charge on any atom is 0.0443 e. The van der Waals surface area contributed by atoms with Crippen molar-refractivity contribution in [3.63, 3.8) is 0 Å². The Morgan fingerprint density at radius 1 is 1.50 bits per heavy atom. The van der Waals surface area contributed by atoms with Crippen molar-refractivity contribution in [3.05, 3.63) is 0 Å². The van der Waals surface area contributed by atoms with Gasteiger partial charge in [0.25, 0.3) is 0 Å². The fourth-order valence-corrected chi connectivity index (χ4v) is 0.500. The van der Waals surface area contributed by atoms with Crippen LogP contribution in [-0.4, -0.2) is 11.8 Å². The molecule has 0 saturated heterocycles. The zero-order valence-electron chi connectivity index (χ0n) is 5.73. The summed E-state index contributed by atoms with van der Waals surface area (Å²) in [6, 6.07) is -0.0463. The number of rotatable bonds is 2. The standard InChI is InChI=1S/C6H14N2/c1-4(2)6(8)5(3)7/h4,6-7H,8H2,1-3H3. The van der Waals surface area contributed by atoms with Gasteiger partial charge in [-0.05, 0) is 12.8 Å². The Kier molecular flexibility index (Phi) is 2.69. The van der Waals surface area contributed by atoms with Gasteiger partial charge in [-0.2, -0.15) is 0 Å². The van der Waals surface area contributed by atoms with E-state index >= 15 is 0 Å². The lowest BCUT2D eigenvalue weighted by Gasteiger charge is -2.12. The first-order valence-corrected chi connectivity index (χ1v) is 2.86. The first-order chi connectivity index (χ1) is 3.55. The number of hydrogen-bond donors (Lipinski definition) is 2. The normalized spacial score (nSPS) is 14.1. The van der Waals surface area contributed by atoms with E-state index in [1.807, 2.05) is 13.8 Å². The summed E-state index contributed by atoms with van der Waals surface area (Å²) in [6.45, 7) is 5.77. The molecule has 0 spiro atoms. The predicted octanol–water partition coefficient (Wildman–Crippen LogP) is 1.01. The van der Waals surface area contributed by atoms with Crippen LogP contribution in [0.25, 0.3) is 0 Å². The van der Waals surface area contributed by atoms with Gasteiger partial charge in [-0.1, -0.05) is 13.8 Å². The molecule has 0 aromatic rings. The van der Waals surface area contributed by atoms with Crippen LogP contribution in [0.2, 0.25) is 0 Å². The van der Waals surface area contributed by atoms with Crippen LogP contribution < -0.4 is 5.73 Å². The summed E-state index contributed by atoms with van der Waals surface area (Å²) in [5.74, 6) is 0.396. The lowest BCUT2D eigenvalue weighted by atomic mass is 10.0. The third kappa shape index (κ3) is 2.07. The molecule has 3 N–H and O–H groups in total. The summed E-state index contributed by atoms with van der Waals surface area (Å²) in [4.78, 5) is 0. The van der Waals surface area contributed by atoms with Crippen molar-refractivity contribution in [3.8, 4) is 0 Å². The van der Waals surface area contributed by atoms with E-state index in [0.717, 1.165) is 0 Å². The quantitative estimate of drug-likeness (QED) is 0.517. The highest BCUT2D eigenvalue weighted by Gasteiger charge is 2.07. The highest BCUT2D eigenvalue weighted by atomic mass is 14.7. The molecule has 0 amide bonds. The molecule has 0 rings (SSSR count). The largest absolute Gasteiger partial charge is 0.323 e. The van der Waals surface area contributed by atoms with E-state index in [2.05, 4.69) is 0 Å². The summed E-state index contributed by atoms with van der Waals surface area (Å²) in [6.07, 6.45) is 0. The fraction of sp³-hybridized carbons (Fsp3) is 0.833. The van der Waals surface area contributed by atoms with Crippen LogP contribution in [0.4, 0.5) is 0 Å². The van der Waals surface area contributed by atoms with Crippen molar-refractivity contribution in [1.29, 1.82) is 5.41 Å². The molecule has 8 heavy (non-hydrogen) atoms. The second kappa shape index (κ2) is 2.82. The maximum absolute atomic E-state index is 7.11. The van der Waals surface area contributed by atoms with Gasteiger partial charge in [0.05, 0.1) is 0 Å². The van der Waals surface area contributed by atoms with Gasteiger partial charge >= 0.3 is 0 Å². The van der Waals surface area contributed by atoms with Gasteiger partial charge in [-0.3, -0.25) is 0 Å². The lowest BCUT2D eigenvalue weighted by Crippen LogP contribution is -2.33. The third-order valence-corrected chi connectivity index (χ3v) is 1.22. The Hall–Kier alpha value is -0.370. The summed E-state index contributed by atoms with van der Waals surface area (Å²) >= 11 is 0. The molecule has 2 nitrogen and oxygen atoms in total. The molecule has 48 valence electrons. The van der Waals surface area contributed by atoms with Gasteiger partial charge in [0, 0.05) is 11.8 Å². The van der Waals surface area contributed by atoms with Crippen LogP contribution in [0.1, 0.15) is 20.8 Å². The molecule has 1 unspecified atom stereocenters. The Labute approximate surface area is 50.6 Å². The Morgan fingerprint density at radius 3 is 1.88 bits per heavy atom. The van der Waals surface area contributed by atoms with E-state index in [9.17, 15) is 0 Å². The van der Waals surface area contributed by atoms with E-state index in [-0.39, 0.29) is 6.04 Å². The molecule has 0 aliphatic carbocycles. The monoisotopic (exact) mass is 114 g/mol. The second-order valence-electron chi connectivity index (χ2n) is 2.45. The molecule has 0 radical (unpaired) electrons. The van der Waals surface area contributed by atoms with E-state index in [4.69, 9.17) is 11.1 Å². The van der Waals surface area contributed by atoms with Crippen LogP contribution in [0.3, 0.4) is 0 Å². The lowest BCUT2D eigenvalue weighted by molar-refractivity contribution is 0.591. The van der Waals surface area contributed by atoms with Gasteiger partial charge in [-0.25, -0.2) is 0 Å². The van der Waals surface area contributed by atoms with Crippen molar-refractivity contribution in [2.24, 2.45) is 11.7 Å². The molecule has 0 saturated carbocycles. The van der Waals surface area contributed by atoms with Crippen molar-refractivity contribution in [1.82, 2.24) is 0 Å². The highest BCUT2D eigenvalue weighted by Crippen LogP contribution is 1.97. The summed E-state index contributed by atoms with van der Waals surface area (Å²) in [5.41, 5.74) is 6.10. The molecule has 0 bridgehead atoms. The van der Waals surface area contributed by atoms with Crippen LogP contribution >= 0.6 is 0 Å². The van der Waals surface area contributed by atoms with Crippen molar-refractivity contribution >= 4 is 5.71 Å². The molecule has 1 atom stereocenters. The topological polar surface area (TPSA) is 49.9 Å². The molecule has 0 aliphatic heterocycles. The van der Waals surface area contributed by atoms with E-state index in [1.165, 1.54) is 0 Å². The fourth-order valence-electron chi connectivity index (χ4n) is 0.500. The van der Waals surface area contributed by atoms with Gasteiger partial charge in [0.1, 0.15) is 0 Å². The first-order valence-electron chi connectivity index (χ1n) is 2.86. The van der Waals surface area contributed by atoms with Crippen LogP contribution in [0, 0.1) is 11.3 Å². The molecule has 2 heteroatoms. The zero-order valence-corrected chi connectivity index (χ0v) is 5.73. The minimum absolute atomic E-state index is 0.0463. The Balaban J connectivity index is 3.64. The van der Waals surface area contributed by atoms with E-state index < -0.39 is 0 Å². The molecular weight excluding hydrogens is 100 g/mol. The molecular formula is C6H14N2. The van der Waals surface area contributed by atoms with Crippen molar-refractivity contribution in [2.75, 3.05) is 0 Å². The van der Waals surface area contributed by atoms with Crippen LogP contribution in [-0.2, 0) is 0 Å². The summed E-state index contributed by atoms with van der Waals surface area (Å²) in [5, 5.41) is 7.11. The number of hydrogen-bond acceptors (Lipinski definition) is 2. The average Bonchev–Trinajstić information content (AvgIpc) is 1.64. The number of nitrogens with one attached hydrogen (secondary N) is 1. The van der Waals surface area contributed by atoms with Gasteiger partial charge < -0.3 is 11.1 Å². The predicted molar refractivity (Wildman–Crippen MR) is 36.2 cm³/mol. The minimum atomic E-state index is -0.0463. The molecule has 0 fully saturated rings. The third-order valence-electron chi connectivity index (χ3n) is 1.22. The average molecular weight is 114 g/mol. The molecule has 0 aliphatic rings. The first kappa shape index (κ1) is 7.63. The smallest absolute Gasteiger partial charge is 0.0443 e. The Morgan fingerprint density at radius 2 is 1.88 bits per heavy atom. The van der Waals surface area contributed by atoms with Crippen LogP contribution in [0.15, 0.2) is 0 Å². The van der Waals surface area contributed by atoms with Crippen molar-refractivity contribution < 1.29 is 0 Å². The number of nitrogens with two attached hydrogens (primary N) is 1. The second-order valence-corrected chi connectivity index (χ2v) is 2.45. The van der Waals surface area contributed by atoms with E-state index in [1.54, 1.807) is 6.92 Å². The van der Waals surface area contributed by atoms with Gasteiger partial charge in [0.15, 0.2) is 0 Å². The van der Waals surface area contributed by atoms with Gasteiger partial charge in [0.2, 0.25) is 0 Å². The highest BCUT2D eigenvalue weighted by molar-refractivity contribution is 5.84. The van der Waals surface area contributed by atoms with Gasteiger partial charge in [-0.15, -0.1) is 0 Å². The molecule has 0 aromatic carbocycles. The van der Waals surface area contributed by atoms with Crippen LogP contribution in [0.5, 0.6) is 0 Å². The molecule has 0 aromatic heterocycles. The van der Waals surface area contributed by atoms with Crippen molar-refractivity contribution in [2.45, 2.75) is 26.8 Å². The molecule has 0 heterocycles. The Bertz CT molecular complexity index is 86.5. The summed E-state index contributed by atoms with van der Waals surface area (Å²) < 4.78 is 0.